The summed E-state index contributed by atoms with van der Waals surface area (Å²) in [6.45, 7) is 10.9. The lowest BCUT2D eigenvalue weighted by molar-refractivity contribution is 1.07. The smallest absolute Gasteiger partial charge is 0.188 e. The Balaban J connectivity index is 0.827. The highest BCUT2D eigenvalue weighted by molar-refractivity contribution is 6.14. The standard InChI is InChI=1S/C105H64N16/c1-65-57-66(64-106)43-50-81(65)75-44-51-82(93(62-75)121-90-54-47-78(104-116-98(71-35-19-7-20-36-71)110-99(117-104)72-37-21-8-22-38-72)60-85(90)86-61-79(48-55-91(86)121)105-118-100(73-39-23-9-24-40-73)111-101(119-105)74-41-25-10-26-42-74)87-63-80(107-2)49-56-92(87)120-88-52-45-76(102-112-94(67-27-11-3-12-28-67)108-95(113-102)68-29-13-4-14-30-68)58-83(88)84-59-77(46-53-89(84)120)103-114-96(69-31-15-5-16-32-69)109-97(115-103)70-33-17-6-18-34-70/h3-63H,1H3. The fourth-order valence-electron chi connectivity index (χ4n) is 16.0. The van der Waals surface area contributed by atoms with Crippen LogP contribution in [0.25, 0.3) is 219 Å². The van der Waals surface area contributed by atoms with E-state index in [2.05, 4.69) is 117 Å². The second-order valence-electron chi connectivity index (χ2n) is 29.4. The minimum atomic E-state index is 0.430. The molecule has 0 fully saturated rings. The van der Waals surface area contributed by atoms with Crippen LogP contribution >= 0.6 is 0 Å². The van der Waals surface area contributed by atoms with Gasteiger partial charge in [-0.2, -0.15) is 5.26 Å². The Morgan fingerprint density at radius 2 is 0.488 bits per heavy atom. The van der Waals surface area contributed by atoms with Gasteiger partial charge in [0.15, 0.2) is 75.6 Å². The van der Waals surface area contributed by atoms with Crippen LogP contribution in [0.4, 0.5) is 5.69 Å². The first-order valence-corrected chi connectivity index (χ1v) is 39.6. The maximum absolute atomic E-state index is 10.3. The molecule has 0 atom stereocenters. The van der Waals surface area contributed by atoms with Crippen molar-refractivity contribution in [2.45, 2.75) is 6.92 Å². The van der Waals surface area contributed by atoms with Crippen LogP contribution in [0.5, 0.6) is 0 Å². The molecule has 21 aromatic rings. The van der Waals surface area contributed by atoms with E-state index >= 15 is 0 Å². The average Bonchev–Trinajstić information content (AvgIpc) is 1.57. The molecule has 0 saturated heterocycles. The van der Waals surface area contributed by atoms with Gasteiger partial charge in [0, 0.05) is 93.9 Å². The zero-order valence-corrected chi connectivity index (χ0v) is 64.9. The van der Waals surface area contributed by atoms with Crippen molar-refractivity contribution in [2.24, 2.45) is 0 Å². The SMILES string of the molecule is [C-]#[N+]c1ccc(-n2c3ccc(-c4nc(-c5ccccc5)nc(-c5ccccc5)n4)cc3c3cc(-c4nc(-c5ccccc5)nc(-c5ccccc5)n4)ccc32)c(-c2ccc(-c3ccc(C#N)cc3C)cc2-n2c3ccc(-c4nc(-c5ccccc5)nc(-c5ccccc5)n4)cc3c3cc(-c4nc(-c5ccccc5)nc(-c5ccccc5)n4)ccc32)c1. The molecule has 0 aliphatic carbocycles. The van der Waals surface area contributed by atoms with Gasteiger partial charge in [-0.05, 0) is 132 Å². The van der Waals surface area contributed by atoms with E-state index in [1.165, 1.54) is 0 Å². The molecule has 0 aliphatic rings. The molecule has 21 rings (SSSR count). The first-order chi connectivity index (χ1) is 59.7. The van der Waals surface area contributed by atoms with Gasteiger partial charge in [-0.15, -0.1) is 0 Å². The summed E-state index contributed by atoms with van der Waals surface area (Å²) in [6, 6.07) is 126. The minimum absolute atomic E-state index is 0.430. The number of nitriles is 1. The Morgan fingerprint density at radius 1 is 0.231 bits per heavy atom. The molecule has 0 aliphatic heterocycles. The second-order valence-corrected chi connectivity index (χ2v) is 29.4. The number of hydrogen-bond acceptors (Lipinski definition) is 13. The molecular formula is C105H64N16. The van der Waals surface area contributed by atoms with E-state index in [9.17, 15) is 5.26 Å². The zero-order chi connectivity index (χ0) is 80.9. The number of fused-ring (bicyclic) bond motifs is 6. The normalized spacial score (nSPS) is 11.3. The summed E-state index contributed by atoms with van der Waals surface area (Å²) in [5.41, 5.74) is 20.1. The molecule has 0 radical (unpaired) electrons. The highest BCUT2D eigenvalue weighted by atomic mass is 15.1. The Bertz CT molecular complexity index is 7110. The zero-order valence-electron chi connectivity index (χ0n) is 64.9. The van der Waals surface area contributed by atoms with Crippen molar-refractivity contribution in [3.05, 3.63) is 393 Å². The average molecular weight is 1550 g/mol. The van der Waals surface area contributed by atoms with E-state index in [4.69, 9.17) is 66.4 Å². The Morgan fingerprint density at radius 3 is 0.752 bits per heavy atom. The molecule has 6 aromatic heterocycles. The van der Waals surface area contributed by atoms with Gasteiger partial charge < -0.3 is 9.13 Å². The largest absolute Gasteiger partial charge is 0.309 e. The predicted molar refractivity (Wildman–Crippen MR) is 480 cm³/mol. The Labute approximate surface area is 695 Å². The summed E-state index contributed by atoms with van der Waals surface area (Å²) < 4.78 is 4.63. The van der Waals surface area contributed by atoms with Gasteiger partial charge in [-0.25, -0.2) is 64.7 Å². The van der Waals surface area contributed by atoms with Crippen LogP contribution in [0.1, 0.15) is 11.1 Å². The third kappa shape index (κ3) is 13.6. The Hall–Kier alpha value is -17.1. The number of hydrogen-bond donors (Lipinski definition) is 0. The molecule has 0 saturated carbocycles. The van der Waals surface area contributed by atoms with Crippen molar-refractivity contribution >= 4 is 49.3 Å². The van der Waals surface area contributed by atoms with E-state index in [0.717, 1.165) is 150 Å². The molecule has 15 aromatic carbocycles. The van der Waals surface area contributed by atoms with Gasteiger partial charge in [-0.1, -0.05) is 267 Å². The summed E-state index contributed by atoms with van der Waals surface area (Å²) in [5.74, 6) is 6.21. The number of rotatable bonds is 16. The third-order valence-electron chi connectivity index (χ3n) is 21.9. The van der Waals surface area contributed by atoms with Crippen LogP contribution < -0.4 is 0 Å². The fraction of sp³-hybridized carbons (Fsp3) is 0.00952. The lowest BCUT2D eigenvalue weighted by Crippen LogP contribution is -2.03. The van der Waals surface area contributed by atoms with E-state index in [1.54, 1.807) is 0 Å². The molecule has 121 heavy (non-hydrogen) atoms. The van der Waals surface area contributed by atoms with Crippen molar-refractivity contribution < 1.29 is 0 Å². The molecule has 0 spiro atoms. The minimum Gasteiger partial charge on any atom is -0.309 e. The predicted octanol–water partition coefficient (Wildman–Crippen LogP) is 24.7. The molecule has 0 bridgehead atoms. The quantitative estimate of drug-likeness (QED) is 0.0831. The number of nitrogens with zero attached hydrogens (tertiary/aromatic N) is 16. The van der Waals surface area contributed by atoms with Crippen molar-refractivity contribution in [2.75, 3.05) is 0 Å². The summed E-state index contributed by atoms with van der Waals surface area (Å²) in [5, 5.41) is 13.8. The number of benzene rings is 15. The van der Waals surface area contributed by atoms with Gasteiger partial charge in [0.2, 0.25) is 0 Å². The molecule has 0 unspecified atom stereocenters. The van der Waals surface area contributed by atoms with Crippen LogP contribution in [-0.2, 0) is 0 Å². The maximum atomic E-state index is 10.3. The summed E-state index contributed by atoms with van der Waals surface area (Å²) in [7, 11) is 0. The first-order valence-electron chi connectivity index (χ1n) is 39.6. The molecule has 0 amide bonds. The number of aryl methyl sites for hydroxylation is 1. The molecular weight excluding hydrogens is 1490 g/mol. The highest BCUT2D eigenvalue weighted by Gasteiger charge is 2.27. The van der Waals surface area contributed by atoms with E-state index in [0.29, 0.717) is 81.1 Å². The second kappa shape index (κ2) is 30.6. The molecule has 16 nitrogen and oxygen atoms in total. The van der Waals surface area contributed by atoms with E-state index in [1.807, 2.05) is 280 Å². The van der Waals surface area contributed by atoms with Crippen molar-refractivity contribution in [1.29, 1.82) is 5.26 Å². The maximum Gasteiger partial charge on any atom is 0.188 e. The summed E-state index contributed by atoms with van der Waals surface area (Å²) >= 11 is 0. The van der Waals surface area contributed by atoms with Gasteiger partial charge in [0.25, 0.3) is 0 Å². The van der Waals surface area contributed by atoms with Gasteiger partial charge in [0.05, 0.1) is 51.6 Å². The molecule has 564 valence electrons. The fourth-order valence-corrected chi connectivity index (χ4v) is 16.0. The van der Waals surface area contributed by atoms with Crippen LogP contribution in [0.3, 0.4) is 0 Å². The van der Waals surface area contributed by atoms with Crippen LogP contribution in [-0.4, -0.2) is 68.9 Å². The van der Waals surface area contributed by atoms with Crippen LogP contribution in [0.15, 0.2) is 370 Å². The van der Waals surface area contributed by atoms with Crippen molar-refractivity contribution in [3.63, 3.8) is 0 Å². The van der Waals surface area contributed by atoms with Crippen LogP contribution in [0, 0.1) is 24.8 Å². The van der Waals surface area contributed by atoms with E-state index in [-0.39, 0.29) is 0 Å². The lowest BCUT2D eigenvalue weighted by atomic mass is 9.93. The molecule has 6 heterocycles. The van der Waals surface area contributed by atoms with Crippen LogP contribution in [0.2, 0.25) is 0 Å². The number of aromatic nitrogens is 14. The first kappa shape index (κ1) is 71.7. The Kier molecular flexibility index (Phi) is 18.1. The molecule has 0 N–H and O–H groups in total. The van der Waals surface area contributed by atoms with Gasteiger partial charge in [-0.3, -0.25) is 0 Å². The monoisotopic (exact) mass is 1550 g/mol. The van der Waals surface area contributed by atoms with Gasteiger partial charge in [0.1, 0.15) is 0 Å². The summed E-state index contributed by atoms with van der Waals surface area (Å²) in [4.78, 5) is 66.8. The van der Waals surface area contributed by atoms with Crippen molar-refractivity contribution in [1.82, 2.24) is 68.9 Å². The highest BCUT2D eigenvalue weighted by Crippen LogP contribution is 2.47. The molecule has 16 heteroatoms. The van der Waals surface area contributed by atoms with Crippen molar-refractivity contribution in [3.8, 4) is 176 Å². The topological polar surface area (TPSA) is 193 Å². The van der Waals surface area contributed by atoms with E-state index < -0.39 is 0 Å². The third-order valence-corrected chi connectivity index (χ3v) is 21.9. The van der Waals surface area contributed by atoms with Gasteiger partial charge >= 0.3 is 0 Å². The lowest BCUT2D eigenvalue weighted by Gasteiger charge is -2.21. The summed E-state index contributed by atoms with van der Waals surface area (Å²) in [6.07, 6.45) is 0.